The lowest BCUT2D eigenvalue weighted by Gasteiger charge is -2.07. The van der Waals surface area contributed by atoms with Crippen molar-refractivity contribution in [3.8, 4) is 5.75 Å². The van der Waals surface area contributed by atoms with Crippen molar-refractivity contribution in [2.75, 3.05) is 5.73 Å². The van der Waals surface area contributed by atoms with Crippen molar-refractivity contribution in [2.24, 2.45) is 0 Å². The zero-order chi connectivity index (χ0) is 16.2. The minimum Gasteiger partial charge on any atom is -0.508 e. The maximum atomic E-state index is 9.55. The molecule has 0 saturated heterocycles. The highest BCUT2D eigenvalue weighted by Gasteiger charge is 2.07. The average molecular weight is 323 g/mol. The van der Waals surface area contributed by atoms with Crippen LogP contribution in [0.3, 0.4) is 0 Å². The molecule has 0 aliphatic heterocycles. The van der Waals surface area contributed by atoms with Crippen molar-refractivity contribution in [1.82, 2.24) is 9.97 Å². The van der Waals surface area contributed by atoms with Crippen molar-refractivity contribution in [2.45, 2.75) is 23.3 Å². The number of phenols is 1. The Balaban J connectivity index is 1.82. The van der Waals surface area contributed by atoms with Gasteiger partial charge in [-0.05, 0) is 54.4 Å². The van der Waals surface area contributed by atoms with Gasteiger partial charge in [0.25, 0.3) is 0 Å². The van der Waals surface area contributed by atoms with Gasteiger partial charge in [-0.1, -0.05) is 23.9 Å². The van der Waals surface area contributed by atoms with Crippen LogP contribution >= 0.6 is 11.8 Å². The van der Waals surface area contributed by atoms with Crippen LogP contribution in [0.2, 0.25) is 0 Å². The Bertz CT molecular complexity index is 819. The van der Waals surface area contributed by atoms with Gasteiger partial charge in [-0.3, -0.25) is 0 Å². The summed E-state index contributed by atoms with van der Waals surface area (Å²) in [7, 11) is 0. The van der Waals surface area contributed by atoms with E-state index >= 15 is 0 Å². The van der Waals surface area contributed by atoms with Gasteiger partial charge in [-0.25, -0.2) is 9.97 Å². The van der Waals surface area contributed by atoms with Gasteiger partial charge in [0, 0.05) is 23.2 Å². The molecule has 1 heterocycles. The molecule has 0 amide bonds. The number of rotatable bonds is 4. The summed E-state index contributed by atoms with van der Waals surface area (Å²) in [5.74, 6) is 0.991. The number of aryl methyl sites for hydroxylation is 1. The molecule has 0 fully saturated rings. The molecule has 23 heavy (non-hydrogen) atoms. The van der Waals surface area contributed by atoms with Gasteiger partial charge in [0.15, 0.2) is 0 Å². The Morgan fingerprint density at radius 1 is 1.13 bits per heavy atom. The van der Waals surface area contributed by atoms with Crippen LogP contribution in [0.15, 0.2) is 64.6 Å². The van der Waals surface area contributed by atoms with Crippen LogP contribution in [-0.2, 0) is 6.42 Å². The molecule has 3 N–H and O–H groups in total. The predicted molar refractivity (Wildman–Crippen MR) is 92.7 cm³/mol. The molecule has 1 aromatic heterocycles. The number of hydrogen-bond acceptors (Lipinski definition) is 5. The van der Waals surface area contributed by atoms with Crippen LogP contribution in [0.5, 0.6) is 5.75 Å². The topological polar surface area (TPSA) is 72.0 Å². The summed E-state index contributed by atoms with van der Waals surface area (Å²) < 4.78 is 0. The van der Waals surface area contributed by atoms with E-state index in [-0.39, 0.29) is 5.75 Å². The predicted octanol–water partition coefficient (Wildman–Crippen LogP) is 3.81. The molecule has 3 aromatic rings. The van der Waals surface area contributed by atoms with Crippen LogP contribution in [0.1, 0.15) is 17.0 Å². The summed E-state index contributed by atoms with van der Waals surface area (Å²) in [6, 6.07) is 14.9. The van der Waals surface area contributed by atoms with Crippen molar-refractivity contribution < 1.29 is 5.11 Å². The fourth-order valence-corrected chi connectivity index (χ4v) is 3.01. The van der Waals surface area contributed by atoms with E-state index in [1.807, 2.05) is 49.5 Å². The Kier molecular flexibility index (Phi) is 4.48. The Hall–Kier alpha value is -2.53. The first-order chi connectivity index (χ1) is 11.1. The molecule has 0 aliphatic rings. The van der Waals surface area contributed by atoms with Crippen molar-refractivity contribution >= 4 is 17.4 Å². The lowest BCUT2D eigenvalue weighted by atomic mass is 10.1. The van der Waals surface area contributed by atoms with Crippen molar-refractivity contribution in [3.63, 3.8) is 0 Å². The number of anilines is 1. The Morgan fingerprint density at radius 2 is 1.91 bits per heavy atom. The number of nitrogen functional groups attached to an aromatic ring is 1. The molecule has 0 bridgehead atoms. The molecule has 0 spiro atoms. The number of aromatic nitrogens is 2. The number of benzene rings is 2. The lowest BCUT2D eigenvalue weighted by molar-refractivity contribution is 0.474. The SMILES string of the molecule is Cc1cnc(Cc2cccc(O)c2)nc1Sc1ccc(N)cc1. The number of phenolic OH excluding ortho intramolecular Hbond substituents is 1. The van der Waals surface area contributed by atoms with E-state index in [4.69, 9.17) is 5.73 Å². The second kappa shape index (κ2) is 6.71. The molecular formula is C18H17N3OS. The second-order valence-corrected chi connectivity index (χ2v) is 6.35. The van der Waals surface area contributed by atoms with Crippen molar-refractivity contribution in [1.29, 1.82) is 0 Å². The van der Waals surface area contributed by atoms with E-state index in [0.717, 1.165) is 32.6 Å². The number of aromatic hydroxyl groups is 1. The third-order valence-electron chi connectivity index (χ3n) is 3.34. The average Bonchev–Trinajstić information content (AvgIpc) is 2.53. The number of hydrogen-bond donors (Lipinski definition) is 2. The third-order valence-corrected chi connectivity index (χ3v) is 4.46. The summed E-state index contributed by atoms with van der Waals surface area (Å²) >= 11 is 1.59. The molecule has 0 atom stereocenters. The zero-order valence-corrected chi connectivity index (χ0v) is 13.5. The fourth-order valence-electron chi connectivity index (χ4n) is 2.15. The summed E-state index contributed by atoms with van der Waals surface area (Å²) in [6.45, 7) is 2.00. The van der Waals surface area contributed by atoms with Crippen molar-refractivity contribution in [3.05, 3.63) is 71.7 Å². The Labute approximate surface area is 139 Å². The van der Waals surface area contributed by atoms with E-state index < -0.39 is 0 Å². The maximum absolute atomic E-state index is 9.55. The van der Waals surface area contributed by atoms with Crippen LogP contribution in [0, 0.1) is 6.92 Å². The van der Waals surface area contributed by atoms with Crippen LogP contribution in [0.4, 0.5) is 5.69 Å². The van der Waals surface area contributed by atoms with Gasteiger partial charge in [0.2, 0.25) is 0 Å². The number of nitrogens with zero attached hydrogens (tertiary/aromatic N) is 2. The first-order valence-corrected chi connectivity index (χ1v) is 8.05. The first kappa shape index (κ1) is 15.4. The highest BCUT2D eigenvalue weighted by Crippen LogP contribution is 2.29. The third kappa shape index (κ3) is 4.02. The molecule has 0 unspecified atom stereocenters. The van der Waals surface area contributed by atoms with E-state index in [0.29, 0.717) is 6.42 Å². The Morgan fingerprint density at radius 3 is 2.65 bits per heavy atom. The quantitative estimate of drug-likeness (QED) is 0.564. The van der Waals surface area contributed by atoms with Crippen LogP contribution in [0.25, 0.3) is 0 Å². The molecule has 116 valence electrons. The molecule has 0 aliphatic carbocycles. The summed E-state index contributed by atoms with van der Waals surface area (Å²) in [6.07, 6.45) is 2.43. The molecule has 3 rings (SSSR count). The van der Waals surface area contributed by atoms with E-state index in [1.165, 1.54) is 0 Å². The van der Waals surface area contributed by atoms with Gasteiger partial charge >= 0.3 is 0 Å². The van der Waals surface area contributed by atoms with E-state index in [1.54, 1.807) is 23.9 Å². The van der Waals surface area contributed by atoms with E-state index in [9.17, 15) is 5.11 Å². The van der Waals surface area contributed by atoms with Gasteiger partial charge in [0.1, 0.15) is 16.6 Å². The maximum Gasteiger partial charge on any atom is 0.133 e. The van der Waals surface area contributed by atoms with Crippen LogP contribution < -0.4 is 5.73 Å². The van der Waals surface area contributed by atoms with Crippen LogP contribution in [-0.4, -0.2) is 15.1 Å². The minimum atomic E-state index is 0.256. The monoisotopic (exact) mass is 323 g/mol. The molecule has 4 nitrogen and oxygen atoms in total. The summed E-state index contributed by atoms with van der Waals surface area (Å²) in [5, 5.41) is 10.5. The lowest BCUT2D eigenvalue weighted by Crippen LogP contribution is -1.99. The standard InChI is InChI=1S/C18H17N3OS/c1-12-11-20-17(10-13-3-2-4-15(22)9-13)21-18(12)23-16-7-5-14(19)6-8-16/h2-9,11,22H,10,19H2,1H3. The largest absolute Gasteiger partial charge is 0.508 e. The normalized spacial score (nSPS) is 10.7. The first-order valence-electron chi connectivity index (χ1n) is 7.24. The highest BCUT2D eigenvalue weighted by atomic mass is 32.2. The molecule has 2 aromatic carbocycles. The van der Waals surface area contributed by atoms with E-state index in [2.05, 4.69) is 9.97 Å². The summed E-state index contributed by atoms with van der Waals surface area (Å²) in [4.78, 5) is 10.1. The minimum absolute atomic E-state index is 0.256. The van der Waals surface area contributed by atoms with Gasteiger partial charge in [0.05, 0.1) is 0 Å². The van der Waals surface area contributed by atoms with Gasteiger partial charge < -0.3 is 10.8 Å². The van der Waals surface area contributed by atoms with Gasteiger partial charge in [-0.15, -0.1) is 0 Å². The number of nitrogens with two attached hydrogens (primary N) is 1. The fraction of sp³-hybridized carbons (Fsp3) is 0.111. The summed E-state index contributed by atoms with van der Waals surface area (Å²) in [5.41, 5.74) is 8.48. The molecule has 0 radical (unpaired) electrons. The molecule has 5 heteroatoms. The smallest absolute Gasteiger partial charge is 0.133 e. The highest BCUT2D eigenvalue weighted by molar-refractivity contribution is 7.99. The second-order valence-electron chi connectivity index (χ2n) is 5.29. The van der Waals surface area contributed by atoms with Gasteiger partial charge in [-0.2, -0.15) is 0 Å². The zero-order valence-electron chi connectivity index (χ0n) is 12.7. The molecular weight excluding hydrogens is 306 g/mol. The molecule has 0 saturated carbocycles.